The Labute approximate surface area is 175 Å². The van der Waals surface area contributed by atoms with E-state index in [0.717, 1.165) is 31.3 Å². The minimum Gasteiger partial charge on any atom is -0.338 e. The molecule has 2 rings (SSSR count). The van der Waals surface area contributed by atoms with Gasteiger partial charge in [0.2, 0.25) is 5.91 Å². The van der Waals surface area contributed by atoms with Gasteiger partial charge < -0.3 is 10.2 Å². The fourth-order valence-corrected chi connectivity index (χ4v) is 3.64. The van der Waals surface area contributed by atoms with Crippen molar-refractivity contribution in [2.75, 3.05) is 31.9 Å². The van der Waals surface area contributed by atoms with Crippen molar-refractivity contribution in [3.8, 4) is 0 Å². The van der Waals surface area contributed by atoms with E-state index in [-0.39, 0.29) is 11.3 Å². The topological polar surface area (TPSA) is 96.3 Å². The number of benzene rings is 1. The molecule has 2 aromatic rings. The number of nitrogens with zero attached hydrogens (tertiary/aromatic N) is 3. The Bertz CT molecular complexity index is 895. The molecule has 0 aliphatic rings. The molecule has 0 saturated carbocycles. The van der Waals surface area contributed by atoms with Gasteiger partial charge in [0.1, 0.15) is 0 Å². The van der Waals surface area contributed by atoms with E-state index >= 15 is 0 Å². The summed E-state index contributed by atoms with van der Waals surface area (Å²) in [5, 5.41) is 5.92. The molecule has 0 saturated heterocycles. The van der Waals surface area contributed by atoms with Gasteiger partial charge in [-0.1, -0.05) is 44.7 Å². The van der Waals surface area contributed by atoms with Crippen molar-refractivity contribution in [2.24, 2.45) is 0 Å². The number of urea groups is 1. The van der Waals surface area contributed by atoms with Crippen LogP contribution in [-0.4, -0.2) is 58.3 Å². The van der Waals surface area contributed by atoms with Gasteiger partial charge in [0.25, 0.3) is 5.56 Å². The van der Waals surface area contributed by atoms with E-state index in [1.165, 1.54) is 0 Å². The highest BCUT2D eigenvalue weighted by Gasteiger charge is 2.15. The molecule has 0 aliphatic heterocycles. The van der Waals surface area contributed by atoms with Crippen LogP contribution in [-0.2, 0) is 11.3 Å². The molecule has 0 unspecified atom stereocenters. The molecular weight excluding hydrogens is 390 g/mol. The second-order valence-corrected chi connectivity index (χ2v) is 7.43. The standard InChI is InChI=1S/C20H29N5O3S/c1-4-11-21-19(28)23-17(26)14-29-20-22-16-10-8-7-9-15(16)18(27)25(20)13-12-24(5-2)6-3/h7-10H,4-6,11-14H2,1-3H3,(H2,21,23,26,28). The second-order valence-electron chi connectivity index (χ2n) is 6.49. The van der Waals surface area contributed by atoms with Gasteiger partial charge in [-0.3, -0.25) is 19.5 Å². The quantitative estimate of drug-likeness (QED) is 0.452. The van der Waals surface area contributed by atoms with Crippen molar-refractivity contribution in [1.82, 2.24) is 25.1 Å². The first-order valence-electron chi connectivity index (χ1n) is 9.92. The van der Waals surface area contributed by atoms with Crippen molar-refractivity contribution < 1.29 is 9.59 Å². The highest BCUT2D eigenvalue weighted by Crippen LogP contribution is 2.17. The normalized spacial score (nSPS) is 11.0. The minimum absolute atomic E-state index is 0.00437. The number of hydrogen-bond donors (Lipinski definition) is 2. The maximum atomic E-state index is 13.0. The number of imide groups is 1. The summed E-state index contributed by atoms with van der Waals surface area (Å²) in [6, 6.07) is 6.68. The molecule has 1 aromatic carbocycles. The molecule has 3 amide bonds. The largest absolute Gasteiger partial charge is 0.338 e. The van der Waals surface area contributed by atoms with Crippen molar-refractivity contribution >= 4 is 34.6 Å². The zero-order valence-corrected chi connectivity index (χ0v) is 18.1. The van der Waals surface area contributed by atoms with Crippen LogP contribution in [0.15, 0.2) is 34.2 Å². The third-order valence-electron chi connectivity index (χ3n) is 4.48. The van der Waals surface area contributed by atoms with Gasteiger partial charge >= 0.3 is 6.03 Å². The van der Waals surface area contributed by atoms with E-state index in [0.29, 0.717) is 35.7 Å². The Balaban J connectivity index is 2.19. The summed E-state index contributed by atoms with van der Waals surface area (Å²) in [6.45, 7) is 9.58. The van der Waals surface area contributed by atoms with Gasteiger partial charge in [0.05, 0.1) is 16.7 Å². The monoisotopic (exact) mass is 419 g/mol. The first-order valence-corrected chi connectivity index (χ1v) is 10.9. The summed E-state index contributed by atoms with van der Waals surface area (Å²) in [4.78, 5) is 43.5. The maximum absolute atomic E-state index is 13.0. The molecule has 0 fully saturated rings. The third kappa shape index (κ3) is 6.57. The lowest BCUT2D eigenvalue weighted by molar-refractivity contribution is -0.117. The molecule has 0 bridgehead atoms. The fourth-order valence-electron chi connectivity index (χ4n) is 2.81. The van der Waals surface area contributed by atoms with E-state index < -0.39 is 11.9 Å². The smallest absolute Gasteiger partial charge is 0.321 e. The van der Waals surface area contributed by atoms with E-state index in [4.69, 9.17) is 0 Å². The Morgan fingerprint density at radius 3 is 2.59 bits per heavy atom. The van der Waals surface area contributed by atoms with Crippen molar-refractivity contribution in [1.29, 1.82) is 0 Å². The molecule has 0 spiro atoms. The maximum Gasteiger partial charge on any atom is 0.321 e. The van der Waals surface area contributed by atoms with Crippen LogP contribution in [0.2, 0.25) is 0 Å². The van der Waals surface area contributed by atoms with Crippen LogP contribution < -0.4 is 16.2 Å². The Morgan fingerprint density at radius 1 is 1.17 bits per heavy atom. The molecule has 1 heterocycles. The zero-order valence-electron chi connectivity index (χ0n) is 17.2. The van der Waals surface area contributed by atoms with Crippen molar-refractivity contribution in [3.05, 3.63) is 34.6 Å². The van der Waals surface area contributed by atoms with Gasteiger partial charge in [0, 0.05) is 19.6 Å². The molecule has 9 heteroatoms. The fraction of sp³-hybridized carbons (Fsp3) is 0.500. The highest BCUT2D eigenvalue weighted by atomic mass is 32.2. The number of nitrogens with one attached hydrogen (secondary N) is 2. The lowest BCUT2D eigenvalue weighted by Gasteiger charge is -2.20. The van der Waals surface area contributed by atoms with Crippen molar-refractivity contribution in [3.63, 3.8) is 0 Å². The molecular formula is C20H29N5O3S. The number of likely N-dealkylation sites (N-methyl/N-ethyl adjacent to an activating group) is 1. The Hall–Kier alpha value is -2.39. The lowest BCUT2D eigenvalue weighted by atomic mass is 10.2. The summed E-state index contributed by atoms with van der Waals surface area (Å²) < 4.78 is 1.62. The zero-order chi connectivity index (χ0) is 21.2. The van der Waals surface area contributed by atoms with Crippen LogP contribution in [0.5, 0.6) is 0 Å². The number of thioether (sulfide) groups is 1. The van der Waals surface area contributed by atoms with Crippen LogP contribution >= 0.6 is 11.8 Å². The van der Waals surface area contributed by atoms with E-state index in [9.17, 15) is 14.4 Å². The average molecular weight is 420 g/mol. The molecule has 0 radical (unpaired) electrons. The van der Waals surface area contributed by atoms with Crippen LogP contribution in [0.4, 0.5) is 4.79 Å². The third-order valence-corrected chi connectivity index (χ3v) is 5.46. The van der Waals surface area contributed by atoms with Crippen LogP contribution in [0.1, 0.15) is 27.2 Å². The predicted octanol–water partition coefficient (Wildman–Crippen LogP) is 2.07. The number of rotatable bonds is 10. The van der Waals surface area contributed by atoms with E-state index in [1.54, 1.807) is 16.7 Å². The summed E-state index contributed by atoms with van der Waals surface area (Å²) in [6.07, 6.45) is 0.788. The predicted molar refractivity (Wildman–Crippen MR) is 116 cm³/mol. The van der Waals surface area contributed by atoms with Gasteiger partial charge in [-0.15, -0.1) is 0 Å². The van der Waals surface area contributed by atoms with Crippen molar-refractivity contribution in [2.45, 2.75) is 38.9 Å². The number of fused-ring (bicyclic) bond motifs is 1. The molecule has 2 N–H and O–H groups in total. The van der Waals surface area contributed by atoms with Gasteiger partial charge in [-0.05, 0) is 31.6 Å². The molecule has 0 atom stereocenters. The molecule has 158 valence electrons. The Kier molecular flexibility index (Phi) is 9.14. The summed E-state index contributed by atoms with van der Waals surface area (Å²) in [7, 11) is 0. The van der Waals surface area contributed by atoms with E-state index in [1.807, 2.05) is 19.1 Å². The number of para-hydroxylation sites is 1. The number of amides is 3. The van der Waals surface area contributed by atoms with Gasteiger partial charge in [-0.2, -0.15) is 0 Å². The minimum atomic E-state index is -0.511. The molecule has 0 aliphatic carbocycles. The van der Waals surface area contributed by atoms with Crippen LogP contribution in [0.3, 0.4) is 0 Å². The summed E-state index contributed by atoms with van der Waals surface area (Å²) in [5.41, 5.74) is 0.478. The highest BCUT2D eigenvalue weighted by molar-refractivity contribution is 7.99. The van der Waals surface area contributed by atoms with Gasteiger partial charge in [0.15, 0.2) is 5.16 Å². The SMILES string of the molecule is CCCNC(=O)NC(=O)CSc1nc2ccccc2c(=O)n1CCN(CC)CC. The first-order chi connectivity index (χ1) is 14.0. The number of hydrogen-bond acceptors (Lipinski definition) is 6. The Morgan fingerprint density at radius 2 is 1.90 bits per heavy atom. The first kappa shape index (κ1) is 22.9. The summed E-state index contributed by atoms with van der Waals surface area (Å²) >= 11 is 1.16. The van der Waals surface area contributed by atoms with Crippen LogP contribution in [0, 0.1) is 0 Å². The molecule has 8 nitrogen and oxygen atoms in total. The van der Waals surface area contributed by atoms with E-state index in [2.05, 4.69) is 34.4 Å². The molecule has 29 heavy (non-hydrogen) atoms. The van der Waals surface area contributed by atoms with Gasteiger partial charge in [-0.25, -0.2) is 9.78 Å². The lowest BCUT2D eigenvalue weighted by Crippen LogP contribution is -2.40. The second kappa shape index (κ2) is 11.6. The number of carbonyl (C=O) groups excluding carboxylic acids is 2. The average Bonchev–Trinajstić information content (AvgIpc) is 2.73. The summed E-state index contributed by atoms with van der Waals surface area (Å²) in [5.74, 6) is -0.434. The number of carbonyl (C=O) groups is 2. The number of aromatic nitrogens is 2. The molecule has 1 aromatic heterocycles. The van der Waals surface area contributed by atoms with Crippen LogP contribution in [0.25, 0.3) is 10.9 Å².